The highest BCUT2D eigenvalue weighted by atomic mass is 79.9. The lowest BCUT2D eigenvalue weighted by Crippen LogP contribution is -2.46. The van der Waals surface area contributed by atoms with Gasteiger partial charge in [-0.1, -0.05) is 28.1 Å². The Labute approximate surface area is 161 Å². The molecule has 2 aliphatic rings. The number of ketones is 1. The number of halogens is 1. The van der Waals surface area contributed by atoms with E-state index in [0.717, 1.165) is 10.9 Å². The smallest absolute Gasteiger partial charge is 0.411 e. The Bertz CT molecular complexity index is 724. The van der Waals surface area contributed by atoms with Gasteiger partial charge in [-0.15, -0.1) is 0 Å². The van der Waals surface area contributed by atoms with Crippen molar-refractivity contribution in [3.05, 3.63) is 34.3 Å². The molecule has 2 fully saturated rings. The molecule has 0 bridgehead atoms. The van der Waals surface area contributed by atoms with Crippen LogP contribution in [0.4, 0.5) is 4.79 Å². The van der Waals surface area contributed by atoms with Crippen molar-refractivity contribution >= 4 is 33.8 Å². The molecule has 1 aromatic carbocycles. The number of carbonyl (C=O) groups is 3. The summed E-state index contributed by atoms with van der Waals surface area (Å²) in [4.78, 5) is 38.5. The maximum Gasteiger partial charge on any atom is 0.411 e. The first kappa shape index (κ1) is 18.9. The second kappa shape index (κ2) is 7.02. The number of hydrogen-bond donors (Lipinski definition) is 0. The van der Waals surface area contributed by atoms with Crippen LogP contribution in [0.1, 0.15) is 44.0 Å². The van der Waals surface area contributed by atoms with Crippen molar-refractivity contribution in [2.75, 3.05) is 6.61 Å². The zero-order valence-electron chi connectivity index (χ0n) is 15.0. The second-order valence-corrected chi connectivity index (χ2v) is 8.66. The number of esters is 1. The summed E-state index contributed by atoms with van der Waals surface area (Å²) in [6, 6.07) is 6.21. The normalized spacial score (nSPS) is 24.0. The molecule has 1 saturated heterocycles. The Hall–Kier alpha value is -1.89. The SMILES string of the molecule is CC(C)(C)OC(=O)N1C(C(=O)OCC(=O)c2ccc(Br)cc2)CC2CC21. The van der Waals surface area contributed by atoms with Crippen molar-refractivity contribution < 1.29 is 23.9 Å². The van der Waals surface area contributed by atoms with Crippen molar-refractivity contribution in [2.45, 2.75) is 51.3 Å². The van der Waals surface area contributed by atoms with Gasteiger partial charge < -0.3 is 9.47 Å². The number of Topliss-reactive ketones (excluding diaryl/α,β-unsaturated/α-hetero) is 1. The average Bonchev–Trinajstić information content (AvgIpc) is 3.20. The van der Waals surface area contributed by atoms with Gasteiger partial charge in [0.2, 0.25) is 0 Å². The van der Waals surface area contributed by atoms with E-state index in [9.17, 15) is 14.4 Å². The second-order valence-electron chi connectivity index (χ2n) is 7.74. The van der Waals surface area contributed by atoms with Crippen LogP contribution in [0.3, 0.4) is 0 Å². The highest BCUT2D eigenvalue weighted by molar-refractivity contribution is 9.10. The highest BCUT2D eigenvalue weighted by Crippen LogP contribution is 2.48. The standard InChI is InChI=1S/C19H22BrNO5/c1-19(2,3)26-18(24)21-14-8-12(14)9-15(21)17(23)25-10-16(22)11-4-6-13(20)7-5-11/h4-7,12,14-15H,8-10H2,1-3H3. The van der Waals surface area contributed by atoms with E-state index in [-0.39, 0.29) is 18.4 Å². The first-order chi connectivity index (χ1) is 12.2. The summed E-state index contributed by atoms with van der Waals surface area (Å²) in [5.41, 5.74) is -0.157. The molecular formula is C19H22BrNO5. The molecule has 3 rings (SSSR count). The molecule has 0 aromatic heterocycles. The van der Waals surface area contributed by atoms with Crippen molar-refractivity contribution in [1.82, 2.24) is 4.90 Å². The van der Waals surface area contributed by atoms with Gasteiger partial charge in [0.1, 0.15) is 11.6 Å². The summed E-state index contributed by atoms with van der Waals surface area (Å²) in [6.45, 7) is 5.02. The van der Waals surface area contributed by atoms with E-state index in [4.69, 9.17) is 9.47 Å². The van der Waals surface area contributed by atoms with Gasteiger partial charge in [0, 0.05) is 16.1 Å². The largest absolute Gasteiger partial charge is 0.456 e. The number of rotatable bonds is 4. The number of hydrogen-bond acceptors (Lipinski definition) is 5. The van der Waals surface area contributed by atoms with E-state index in [1.54, 1.807) is 45.0 Å². The van der Waals surface area contributed by atoms with E-state index < -0.39 is 23.7 Å². The summed E-state index contributed by atoms with van der Waals surface area (Å²) >= 11 is 3.31. The zero-order valence-corrected chi connectivity index (χ0v) is 16.6. The quantitative estimate of drug-likeness (QED) is 0.546. The molecule has 0 spiro atoms. The lowest BCUT2D eigenvalue weighted by atomic mass is 10.1. The van der Waals surface area contributed by atoms with Gasteiger partial charge in [0.15, 0.2) is 12.4 Å². The van der Waals surface area contributed by atoms with Crippen LogP contribution in [-0.4, -0.2) is 47.0 Å². The number of likely N-dealkylation sites (tertiary alicyclic amines) is 1. The minimum Gasteiger partial charge on any atom is -0.456 e. The van der Waals surface area contributed by atoms with Crippen molar-refractivity contribution in [3.8, 4) is 0 Å². The Morgan fingerprint density at radius 1 is 1.15 bits per heavy atom. The summed E-state index contributed by atoms with van der Waals surface area (Å²) in [5.74, 6) is -0.506. The van der Waals surface area contributed by atoms with Crippen molar-refractivity contribution in [2.24, 2.45) is 5.92 Å². The Morgan fingerprint density at radius 2 is 1.81 bits per heavy atom. The Kier molecular flexibility index (Phi) is 5.10. The molecule has 1 aliphatic carbocycles. The van der Waals surface area contributed by atoms with Gasteiger partial charge in [-0.25, -0.2) is 9.59 Å². The number of carbonyl (C=O) groups excluding carboxylic acids is 3. The molecule has 140 valence electrons. The molecule has 1 heterocycles. The van der Waals surface area contributed by atoms with Crippen LogP contribution in [0.5, 0.6) is 0 Å². The molecule has 3 unspecified atom stereocenters. The van der Waals surface area contributed by atoms with Crippen LogP contribution in [0.15, 0.2) is 28.7 Å². The van der Waals surface area contributed by atoms with Gasteiger partial charge in [0.25, 0.3) is 0 Å². The van der Waals surface area contributed by atoms with Crippen LogP contribution in [-0.2, 0) is 14.3 Å². The molecule has 26 heavy (non-hydrogen) atoms. The molecule has 1 saturated carbocycles. The predicted molar refractivity (Wildman–Crippen MR) is 97.8 cm³/mol. The number of piperidine rings is 1. The van der Waals surface area contributed by atoms with Crippen LogP contribution < -0.4 is 0 Å². The molecule has 7 heteroatoms. The fraction of sp³-hybridized carbons (Fsp3) is 0.526. The molecule has 1 aliphatic heterocycles. The van der Waals surface area contributed by atoms with Gasteiger partial charge in [-0.3, -0.25) is 9.69 Å². The first-order valence-corrected chi connectivity index (χ1v) is 9.42. The third-order valence-corrected chi connectivity index (χ3v) is 5.02. The number of fused-ring (bicyclic) bond motifs is 1. The number of ether oxygens (including phenoxy) is 2. The summed E-state index contributed by atoms with van der Waals surface area (Å²) in [5, 5.41) is 0. The molecule has 1 amide bonds. The lowest BCUT2D eigenvalue weighted by molar-refractivity contribution is -0.148. The fourth-order valence-electron chi connectivity index (χ4n) is 3.20. The third-order valence-electron chi connectivity index (χ3n) is 4.49. The molecule has 3 atom stereocenters. The monoisotopic (exact) mass is 423 g/mol. The third kappa shape index (κ3) is 4.26. The molecule has 0 N–H and O–H groups in total. The van der Waals surface area contributed by atoms with Crippen LogP contribution >= 0.6 is 15.9 Å². The molecule has 1 aromatic rings. The van der Waals surface area contributed by atoms with Crippen molar-refractivity contribution in [3.63, 3.8) is 0 Å². The lowest BCUT2D eigenvalue weighted by Gasteiger charge is -2.29. The minimum atomic E-state index is -0.675. The van der Waals surface area contributed by atoms with Crippen LogP contribution in [0.25, 0.3) is 0 Å². The van der Waals surface area contributed by atoms with Gasteiger partial charge in [0.05, 0.1) is 0 Å². The van der Waals surface area contributed by atoms with Gasteiger partial charge in [-0.2, -0.15) is 0 Å². The summed E-state index contributed by atoms with van der Waals surface area (Å²) in [7, 11) is 0. The van der Waals surface area contributed by atoms with Gasteiger partial charge >= 0.3 is 12.1 Å². The van der Waals surface area contributed by atoms with E-state index in [2.05, 4.69) is 15.9 Å². The highest BCUT2D eigenvalue weighted by Gasteiger charge is 2.57. The number of amides is 1. The van der Waals surface area contributed by atoms with E-state index >= 15 is 0 Å². The first-order valence-electron chi connectivity index (χ1n) is 8.62. The summed E-state index contributed by atoms with van der Waals surface area (Å²) in [6.07, 6.45) is 0.958. The predicted octanol–water partition coefficient (Wildman–Crippen LogP) is 3.57. The Morgan fingerprint density at radius 3 is 2.42 bits per heavy atom. The summed E-state index contributed by atoms with van der Waals surface area (Å²) < 4.78 is 11.5. The van der Waals surface area contributed by atoms with E-state index in [1.165, 1.54) is 4.90 Å². The van der Waals surface area contributed by atoms with Crippen LogP contribution in [0.2, 0.25) is 0 Å². The molecule has 6 nitrogen and oxygen atoms in total. The maximum atomic E-state index is 12.5. The number of nitrogens with zero attached hydrogens (tertiary/aromatic N) is 1. The number of benzene rings is 1. The molecule has 0 radical (unpaired) electrons. The van der Waals surface area contributed by atoms with E-state index in [1.807, 2.05) is 0 Å². The zero-order chi connectivity index (χ0) is 19.1. The van der Waals surface area contributed by atoms with Crippen LogP contribution in [0, 0.1) is 5.92 Å². The topological polar surface area (TPSA) is 72.9 Å². The molecular weight excluding hydrogens is 402 g/mol. The minimum absolute atomic E-state index is 0.0459. The fourth-order valence-corrected chi connectivity index (χ4v) is 3.46. The average molecular weight is 424 g/mol. The van der Waals surface area contributed by atoms with Crippen molar-refractivity contribution in [1.29, 1.82) is 0 Å². The van der Waals surface area contributed by atoms with E-state index in [0.29, 0.717) is 17.9 Å². The van der Waals surface area contributed by atoms with Gasteiger partial charge in [-0.05, 0) is 51.7 Å². The Balaban J connectivity index is 1.59. The maximum absolute atomic E-state index is 12.5.